The molecule has 0 atom stereocenters. The van der Waals surface area contributed by atoms with Crippen molar-refractivity contribution in [1.82, 2.24) is 0 Å². The van der Waals surface area contributed by atoms with E-state index < -0.39 is 0 Å². The fourth-order valence-electron chi connectivity index (χ4n) is 2.77. The number of phenols is 1. The number of halogens is 2. The first kappa shape index (κ1) is 21.1. The van der Waals surface area contributed by atoms with Crippen molar-refractivity contribution in [3.63, 3.8) is 0 Å². The van der Waals surface area contributed by atoms with Crippen LogP contribution in [0.5, 0.6) is 5.75 Å². The number of phenolic OH excluding ortho intramolecular Hbond substituents is 1. The number of nitrogens with one attached hydrogen (secondary N) is 1. The molecular formula is C23H20BrClN2O2. The van der Waals surface area contributed by atoms with Crippen LogP contribution in [0.4, 0.5) is 11.4 Å². The smallest absolute Gasteiger partial charge is 0.224 e. The molecule has 0 heterocycles. The zero-order chi connectivity index (χ0) is 20.8. The van der Waals surface area contributed by atoms with Crippen molar-refractivity contribution < 1.29 is 9.90 Å². The van der Waals surface area contributed by atoms with E-state index in [-0.39, 0.29) is 11.7 Å². The van der Waals surface area contributed by atoms with Gasteiger partial charge in [0.05, 0.1) is 10.2 Å². The van der Waals surface area contributed by atoms with Crippen LogP contribution in [0.3, 0.4) is 0 Å². The monoisotopic (exact) mass is 470 g/mol. The van der Waals surface area contributed by atoms with Crippen LogP contribution in [-0.2, 0) is 11.2 Å². The van der Waals surface area contributed by atoms with E-state index in [1.54, 1.807) is 25.3 Å². The molecule has 0 aliphatic heterocycles. The van der Waals surface area contributed by atoms with Gasteiger partial charge in [-0.1, -0.05) is 36.7 Å². The standard InChI is InChI=1S/C23H20BrClN2O2/c1-2-22(28)27-19-9-7-18(8-10-19)26-14-17-12-15(13-20(24)23(17)29)11-16-5-3-4-6-21(16)25/h3-10,12-14,29H,2,11H2,1H3,(H,27,28). The Balaban J connectivity index is 1.80. The van der Waals surface area contributed by atoms with E-state index in [1.165, 1.54) is 0 Å². The Morgan fingerprint density at radius 1 is 1.17 bits per heavy atom. The molecule has 0 radical (unpaired) electrons. The van der Waals surface area contributed by atoms with Crippen LogP contribution in [0.1, 0.15) is 30.0 Å². The Hall–Kier alpha value is -2.63. The molecule has 0 saturated carbocycles. The molecule has 6 heteroatoms. The molecule has 29 heavy (non-hydrogen) atoms. The highest BCUT2D eigenvalue weighted by atomic mass is 79.9. The Morgan fingerprint density at radius 3 is 2.59 bits per heavy atom. The van der Waals surface area contributed by atoms with E-state index in [0.717, 1.165) is 16.8 Å². The summed E-state index contributed by atoms with van der Waals surface area (Å²) in [5.41, 5.74) is 4.06. The minimum absolute atomic E-state index is 0.0358. The number of amides is 1. The molecule has 0 fully saturated rings. The van der Waals surface area contributed by atoms with Crippen LogP contribution in [0.25, 0.3) is 0 Å². The molecule has 148 valence electrons. The second-order valence-corrected chi connectivity index (χ2v) is 7.75. The minimum atomic E-state index is -0.0358. The van der Waals surface area contributed by atoms with Gasteiger partial charge in [-0.3, -0.25) is 9.79 Å². The topological polar surface area (TPSA) is 61.7 Å². The van der Waals surface area contributed by atoms with Crippen molar-refractivity contribution in [3.05, 3.63) is 86.8 Å². The molecule has 0 bridgehead atoms. The SMILES string of the molecule is CCC(=O)Nc1ccc(N=Cc2cc(Cc3ccccc3Cl)cc(Br)c2O)cc1. The maximum absolute atomic E-state index is 11.4. The lowest BCUT2D eigenvalue weighted by Crippen LogP contribution is -2.08. The molecule has 4 nitrogen and oxygen atoms in total. The first-order valence-corrected chi connectivity index (χ1v) is 10.3. The molecule has 0 aliphatic carbocycles. The third-order valence-corrected chi connectivity index (χ3v) is 5.30. The fourth-order valence-corrected chi connectivity index (χ4v) is 3.49. The van der Waals surface area contributed by atoms with Crippen molar-refractivity contribution in [2.45, 2.75) is 19.8 Å². The van der Waals surface area contributed by atoms with Crippen molar-refractivity contribution in [3.8, 4) is 5.75 Å². The summed E-state index contributed by atoms with van der Waals surface area (Å²) in [6.07, 6.45) is 2.69. The molecule has 3 rings (SSSR count). The first-order chi connectivity index (χ1) is 14.0. The van der Waals surface area contributed by atoms with Gasteiger partial charge in [0, 0.05) is 28.9 Å². The summed E-state index contributed by atoms with van der Waals surface area (Å²) in [5.74, 6) is 0.0925. The second-order valence-electron chi connectivity index (χ2n) is 6.49. The Kier molecular flexibility index (Phi) is 7.07. The third kappa shape index (κ3) is 5.68. The quantitative estimate of drug-likeness (QED) is 0.403. The van der Waals surface area contributed by atoms with Gasteiger partial charge in [-0.15, -0.1) is 0 Å². The molecule has 0 saturated heterocycles. The third-order valence-electron chi connectivity index (χ3n) is 4.33. The van der Waals surface area contributed by atoms with Gasteiger partial charge in [-0.25, -0.2) is 0 Å². The lowest BCUT2D eigenvalue weighted by molar-refractivity contribution is -0.115. The van der Waals surface area contributed by atoms with Gasteiger partial charge in [0.25, 0.3) is 0 Å². The largest absolute Gasteiger partial charge is 0.506 e. The number of anilines is 1. The van der Waals surface area contributed by atoms with E-state index in [0.29, 0.717) is 33.6 Å². The second kappa shape index (κ2) is 9.72. The average molecular weight is 472 g/mol. The predicted molar refractivity (Wildman–Crippen MR) is 123 cm³/mol. The fraction of sp³-hybridized carbons (Fsp3) is 0.130. The van der Waals surface area contributed by atoms with Crippen LogP contribution in [0, 0.1) is 0 Å². The maximum atomic E-state index is 11.4. The van der Waals surface area contributed by atoms with Crippen molar-refractivity contribution >= 4 is 51.0 Å². The number of carbonyl (C=O) groups is 1. The predicted octanol–water partition coefficient (Wildman–Crippen LogP) is 6.50. The van der Waals surface area contributed by atoms with Crippen molar-refractivity contribution in [2.75, 3.05) is 5.32 Å². The summed E-state index contributed by atoms with van der Waals surface area (Å²) in [5, 5.41) is 13.9. The summed E-state index contributed by atoms with van der Waals surface area (Å²) in [6.45, 7) is 1.80. The lowest BCUT2D eigenvalue weighted by atomic mass is 10.0. The lowest BCUT2D eigenvalue weighted by Gasteiger charge is -2.09. The number of aliphatic imine (C=N–C) groups is 1. The van der Waals surface area contributed by atoms with E-state index >= 15 is 0 Å². The summed E-state index contributed by atoms with van der Waals surface area (Å²) in [4.78, 5) is 15.9. The van der Waals surface area contributed by atoms with Crippen LogP contribution >= 0.6 is 27.5 Å². The molecule has 0 aromatic heterocycles. The minimum Gasteiger partial charge on any atom is -0.506 e. The van der Waals surface area contributed by atoms with Gasteiger partial charge >= 0.3 is 0 Å². The zero-order valence-corrected chi connectivity index (χ0v) is 18.2. The number of benzene rings is 3. The molecule has 2 N–H and O–H groups in total. The van der Waals surface area contributed by atoms with E-state index in [9.17, 15) is 9.90 Å². The summed E-state index contributed by atoms with van der Waals surface area (Å²) in [7, 11) is 0. The van der Waals surface area contributed by atoms with E-state index in [2.05, 4.69) is 26.2 Å². The molecule has 1 amide bonds. The molecule has 3 aromatic carbocycles. The van der Waals surface area contributed by atoms with Crippen molar-refractivity contribution in [2.24, 2.45) is 4.99 Å². The van der Waals surface area contributed by atoms with E-state index in [4.69, 9.17) is 11.6 Å². The number of carbonyl (C=O) groups excluding carboxylic acids is 1. The summed E-state index contributed by atoms with van der Waals surface area (Å²) >= 11 is 9.68. The van der Waals surface area contributed by atoms with Crippen LogP contribution in [0.2, 0.25) is 5.02 Å². The zero-order valence-electron chi connectivity index (χ0n) is 15.8. The average Bonchev–Trinajstić information content (AvgIpc) is 2.72. The maximum Gasteiger partial charge on any atom is 0.224 e. The number of nitrogens with zero attached hydrogens (tertiary/aromatic N) is 1. The summed E-state index contributed by atoms with van der Waals surface area (Å²) in [6, 6.07) is 18.7. The number of hydrogen-bond donors (Lipinski definition) is 2. The Bertz CT molecular complexity index is 1050. The van der Waals surface area contributed by atoms with Gasteiger partial charge < -0.3 is 10.4 Å². The molecule has 0 aliphatic rings. The molecule has 0 unspecified atom stereocenters. The number of hydrogen-bond acceptors (Lipinski definition) is 3. The van der Waals surface area contributed by atoms with E-state index in [1.807, 2.05) is 48.5 Å². The van der Waals surface area contributed by atoms with Gasteiger partial charge in [0.15, 0.2) is 0 Å². The van der Waals surface area contributed by atoms with Gasteiger partial charge in [0.1, 0.15) is 5.75 Å². The highest BCUT2D eigenvalue weighted by Gasteiger charge is 2.09. The Labute approximate surface area is 183 Å². The van der Waals surface area contributed by atoms with Gasteiger partial charge in [0.2, 0.25) is 5.91 Å². The first-order valence-electron chi connectivity index (χ1n) is 9.15. The van der Waals surface area contributed by atoms with Gasteiger partial charge in [-0.2, -0.15) is 0 Å². The van der Waals surface area contributed by atoms with Gasteiger partial charge in [-0.05, 0) is 75.9 Å². The number of aromatic hydroxyl groups is 1. The van der Waals surface area contributed by atoms with Crippen molar-refractivity contribution in [1.29, 1.82) is 0 Å². The molecule has 0 spiro atoms. The summed E-state index contributed by atoms with van der Waals surface area (Å²) < 4.78 is 0.598. The Morgan fingerprint density at radius 2 is 1.90 bits per heavy atom. The molecule has 3 aromatic rings. The highest BCUT2D eigenvalue weighted by Crippen LogP contribution is 2.31. The number of rotatable bonds is 6. The van der Waals surface area contributed by atoms with Crippen LogP contribution in [-0.4, -0.2) is 17.2 Å². The molecular weight excluding hydrogens is 452 g/mol. The highest BCUT2D eigenvalue weighted by molar-refractivity contribution is 9.10. The van der Waals surface area contributed by atoms with Crippen LogP contribution in [0.15, 0.2) is 70.1 Å². The normalized spacial score (nSPS) is 11.0. The van der Waals surface area contributed by atoms with Crippen LogP contribution < -0.4 is 5.32 Å².